The average Bonchev–Trinajstić information content (AvgIpc) is 3.25. The third kappa shape index (κ3) is 4.33. The number of aromatic carboxylic acids is 1. The number of amides is 2. The first-order valence-corrected chi connectivity index (χ1v) is 10.6. The lowest BCUT2D eigenvalue weighted by Crippen LogP contribution is -2.54. The summed E-state index contributed by atoms with van der Waals surface area (Å²) in [6, 6.07) is 15.4. The van der Waals surface area contributed by atoms with E-state index in [1.54, 1.807) is 30.3 Å². The predicted octanol–water partition coefficient (Wildman–Crippen LogP) is 4.35. The number of hydrogen-bond acceptors (Lipinski definition) is 5. The predicted molar refractivity (Wildman–Crippen MR) is 128 cm³/mol. The maximum atomic E-state index is 13.2. The quantitative estimate of drug-likeness (QED) is 0.334. The van der Waals surface area contributed by atoms with E-state index in [2.05, 4.69) is 5.32 Å². The minimum Gasteiger partial charge on any atom is -0.478 e. The molecule has 0 radical (unpaired) electrons. The zero-order valence-electron chi connectivity index (χ0n) is 17.9. The summed E-state index contributed by atoms with van der Waals surface area (Å²) >= 11 is 5.23. The van der Waals surface area contributed by atoms with Crippen molar-refractivity contribution in [2.45, 2.75) is 20.3 Å². The Morgan fingerprint density at radius 2 is 1.85 bits per heavy atom. The van der Waals surface area contributed by atoms with Gasteiger partial charge in [0.15, 0.2) is 5.11 Å². The van der Waals surface area contributed by atoms with E-state index in [1.165, 1.54) is 23.1 Å². The number of rotatable bonds is 5. The molecule has 33 heavy (non-hydrogen) atoms. The summed E-state index contributed by atoms with van der Waals surface area (Å²) in [6.07, 6.45) is 2.21. The summed E-state index contributed by atoms with van der Waals surface area (Å²) < 4.78 is 5.83. The van der Waals surface area contributed by atoms with Crippen LogP contribution in [0.15, 0.2) is 64.6 Å². The minimum absolute atomic E-state index is 0.00708. The largest absolute Gasteiger partial charge is 0.478 e. The first-order chi connectivity index (χ1) is 15.8. The van der Waals surface area contributed by atoms with Crippen LogP contribution in [0.4, 0.5) is 5.69 Å². The van der Waals surface area contributed by atoms with Crippen molar-refractivity contribution in [3.8, 4) is 11.3 Å². The number of hydrogen-bond donors (Lipinski definition) is 2. The molecule has 2 amide bonds. The second-order valence-corrected chi connectivity index (χ2v) is 7.90. The van der Waals surface area contributed by atoms with Crippen molar-refractivity contribution >= 4 is 46.9 Å². The van der Waals surface area contributed by atoms with Gasteiger partial charge >= 0.3 is 5.97 Å². The molecule has 0 spiro atoms. The summed E-state index contributed by atoms with van der Waals surface area (Å²) in [5.74, 6) is -1.52. The molecule has 2 N–H and O–H groups in total. The van der Waals surface area contributed by atoms with E-state index in [-0.39, 0.29) is 22.0 Å². The Labute approximate surface area is 195 Å². The molecule has 166 valence electrons. The fraction of sp³-hybridized carbons (Fsp3) is 0.120. The second kappa shape index (κ2) is 8.84. The molecule has 0 unspecified atom stereocenters. The number of carboxylic acid groups (broad SMARTS) is 1. The van der Waals surface area contributed by atoms with E-state index in [4.69, 9.17) is 16.6 Å². The maximum Gasteiger partial charge on any atom is 0.335 e. The van der Waals surface area contributed by atoms with Crippen LogP contribution in [0.1, 0.15) is 34.2 Å². The zero-order valence-corrected chi connectivity index (χ0v) is 18.7. The van der Waals surface area contributed by atoms with Crippen LogP contribution in [0.25, 0.3) is 17.4 Å². The third-order valence-electron chi connectivity index (χ3n) is 5.37. The lowest BCUT2D eigenvalue weighted by Gasteiger charge is -2.28. The van der Waals surface area contributed by atoms with Gasteiger partial charge < -0.3 is 9.52 Å². The lowest BCUT2D eigenvalue weighted by atomic mass is 10.0. The van der Waals surface area contributed by atoms with Crippen molar-refractivity contribution in [1.82, 2.24) is 5.32 Å². The molecule has 1 saturated heterocycles. The van der Waals surface area contributed by atoms with Gasteiger partial charge in [-0.1, -0.05) is 25.1 Å². The van der Waals surface area contributed by atoms with E-state index in [0.717, 1.165) is 17.5 Å². The summed E-state index contributed by atoms with van der Waals surface area (Å²) in [6.45, 7) is 3.87. The number of carbonyl (C=O) groups is 3. The molecule has 3 aromatic rings. The number of nitrogens with one attached hydrogen (secondary N) is 1. The highest BCUT2D eigenvalue weighted by Gasteiger charge is 2.34. The third-order valence-corrected chi connectivity index (χ3v) is 5.65. The van der Waals surface area contributed by atoms with Crippen LogP contribution in [0.5, 0.6) is 0 Å². The highest BCUT2D eigenvalue weighted by atomic mass is 32.1. The minimum atomic E-state index is -1.04. The number of nitrogens with zero attached hydrogens (tertiary/aromatic N) is 1. The molecule has 2 aromatic carbocycles. The number of carbonyl (C=O) groups excluding carboxylic acids is 2. The second-order valence-electron chi connectivity index (χ2n) is 7.51. The van der Waals surface area contributed by atoms with E-state index in [9.17, 15) is 19.5 Å². The Morgan fingerprint density at radius 3 is 2.52 bits per heavy atom. The van der Waals surface area contributed by atoms with Gasteiger partial charge in [-0.15, -0.1) is 0 Å². The molecular formula is C25H20N2O5S. The number of anilines is 1. The number of aryl methyl sites for hydroxylation is 2. The van der Waals surface area contributed by atoms with Gasteiger partial charge in [-0.05, 0) is 79.2 Å². The van der Waals surface area contributed by atoms with Crippen molar-refractivity contribution in [3.05, 3.63) is 82.6 Å². The van der Waals surface area contributed by atoms with E-state index < -0.39 is 17.8 Å². The van der Waals surface area contributed by atoms with Crippen molar-refractivity contribution in [3.63, 3.8) is 0 Å². The van der Waals surface area contributed by atoms with Crippen molar-refractivity contribution in [2.75, 3.05) is 4.90 Å². The van der Waals surface area contributed by atoms with Crippen LogP contribution in [-0.4, -0.2) is 28.0 Å². The molecule has 0 bridgehead atoms. The number of benzene rings is 2. The summed E-state index contributed by atoms with van der Waals surface area (Å²) in [7, 11) is 0. The Hall–Kier alpha value is -4.04. The van der Waals surface area contributed by atoms with Crippen molar-refractivity contribution in [1.29, 1.82) is 0 Å². The molecule has 1 aromatic heterocycles. The molecule has 1 aliphatic heterocycles. The normalized spacial score (nSPS) is 15.2. The van der Waals surface area contributed by atoms with Crippen LogP contribution in [0.3, 0.4) is 0 Å². The van der Waals surface area contributed by atoms with Gasteiger partial charge in [-0.2, -0.15) is 0 Å². The van der Waals surface area contributed by atoms with Crippen LogP contribution >= 0.6 is 12.2 Å². The SMILES string of the molecule is CCc1ccc(N2C(=O)C(=Cc3ccc(-c4cc(C(=O)O)ccc4C)o3)C(=O)NC2=S)cc1. The van der Waals surface area contributed by atoms with Gasteiger partial charge in [0, 0.05) is 5.56 Å². The number of thiocarbonyl (C=S) groups is 1. The van der Waals surface area contributed by atoms with Gasteiger partial charge in [-0.25, -0.2) is 4.79 Å². The standard InChI is InChI=1S/C25H20N2O5S/c1-3-15-5-8-17(9-6-15)27-23(29)20(22(28)26-25(27)33)13-18-10-11-21(32-18)19-12-16(24(30)31)7-4-14(19)2/h4-13H,3H2,1-2H3,(H,30,31)(H,26,28,33). The highest BCUT2D eigenvalue weighted by Crippen LogP contribution is 2.29. The summed E-state index contributed by atoms with van der Waals surface area (Å²) in [5, 5.41) is 11.8. The fourth-order valence-electron chi connectivity index (χ4n) is 3.51. The van der Waals surface area contributed by atoms with Crippen LogP contribution in [-0.2, 0) is 16.0 Å². The maximum absolute atomic E-state index is 13.2. The first-order valence-electron chi connectivity index (χ1n) is 10.2. The number of furan rings is 1. The monoisotopic (exact) mass is 460 g/mol. The van der Waals surface area contributed by atoms with E-state index in [0.29, 0.717) is 17.0 Å². The Kier molecular flexibility index (Phi) is 5.93. The Bertz CT molecular complexity index is 1320. The van der Waals surface area contributed by atoms with Gasteiger partial charge in [0.05, 0.1) is 11.3 Å². The molecule has 7 nitrogen and oxygen atoms in total. The van der Waals surface area contributed by atoms with Crippen molar-refractivity contribution in [2.24, 2.45) is 0 Å². The van der Waals surface area contributed by atoms with Crippen molar-refractivity contribution < 1.29 is 23.9 Å². The van der Waals surface area contributed by atoms with E-state index >= 15 is 0 Å². The summed E-state index contributed by atoms with van der Waals surface area (Å²) in [5.41, 5.74) is 3.10. The molecule has 0 atom stereocenters. The zero-order chi connectivity index (χ0) is 23.7. The topological polar surface area (TPSA) is 99.8 Å². The molecule has 1 aliphatic rings. The Balaban J connectivity index is 1.67. The molecule has 2 heterocycles. The van der Waals surface area contributed by atoms with Crippen LogP contribution in [0, 0.1) is 6.92 Å². The molecule has 4 rings (SSSR count). The van der Waals surface area contributed by atoms with Gasteiger partial charge in [0.1, 0.15) is 17.1 Å². The smallest absolute Gasteiger partial charge is 0.335 e. The lowest BCUT2D eigenvalue weighted by molar-refractivity contribution is -0.122. The first kappa shape index (κ1) is 22.2. The molecule has 0 saturated carbocycles. The summed E-state index contributed by atoms with van der Waals surface area (Å²) in [4.78, 5) is 38.3. The average molecular weight is 461 g/mol. The number of carboxylic acids is 1. The molecule has 8 heteroatoms. The van der Waals surface area contributed by atoms with Crippen LogP contribution < -0.4 is 10.2 Å². The molecular weight excluding hydrogens is 440 g/mol. The van der Waals surface area contributed by atoms with Gasteiger partial charge in [0.2, 0.25) is 0 Å². The molecule has 0 aliphatic carbocycles. The Morgan fingerprint density at radius 1 is 1.12 bits per heavy atom. The fourth-order valence-corrected chi connectivity index (χ4v) is 3.79. The van der Waals surface area contributed by atoms with Crippen LogP contribution in [0.2, 0.25) is 0 Å². The van der Waals surface area contributed by atoms with E-state index in [1.807, 2.05) is 26.0 Å². The van der Waals surface area contributed by atoms with Gasteiger partial charge in [0.25, 0.3) is 11.8 Å². The highest BCUT2D eigenvalue weighted by molar-refractivity contribution is 7.80. The molecule has 1 fully saturated rings. The van der Waals surface area contributed by atoms with Gasteiger partial charge in [-0.3, -0.25) is 19.8 Å².